The Bertz CT molecular complexity index is 280. The average molecular weight is 190 g/mol. The first-order chi connectivity index (χ1) is 6.86. The van der Waals surface area contributed by atoms with Crippen LogP contribution in [0.25, 0.3) is 0 Å². The van der Waals surface area contributed by atoms with Gasteiger partial charge in [-0.3, -0.25) is 0 Å². The topological polar surface area (TPSA) is 34.1 Å². The molecule has 2 nitrogen and oxygen atoms in total. The fraction of sp³-hybridized carbons (Fsp3) is 0.333. The highest BCUT2D eigenvalue weighted by Gasteiger charge is 2.07. The number of rotatable bonds is 6. The van der Waals surface area contributed by atoms with Crippen molar-refractivity contribution in [3.63, 3.8) is 0 Å². The van der Waals surface area contributed by atoms with Crippen molar-refractivity contribution < 1.29 is 9.59 Å². The zero-order valence-electron chi connectivity index (χ0n) is 8.06. The second-order valence-electron chi connectivity index (χ2n) is 3.33. The largest absolute Gasteiger partial charge is 0.303 e. The normalized spacial score (nSPS) is 12.0. The molecule has 0 spiro atoms. The van der Waals surface area contributed by atoms with Crippen molar-refractivity contribution >= 4 is 12.6 Å². The lowest BCUT2D eigenvalue weighted by molar-refractivity contribution is -0.111. The van der Waals surface area contributed by atoms with Crippen LogP contribution in [0.4, 0.5) is 0 Å². The highest BCUT2D eigenvalue weighted by Crippen LogP contribution is 2.11. The molecule has 14 heavy (non-hydrogen) atoms. The quantitative estimate of drug-likeness (QED) is 0.643. The van der Waals surface area contributed by atoms with Crippen molar-refractivity contribution in [2.24, 2.45) is 5.92 Å². The number of hydrogen-bond acceptors (Lipinski definition) is 2. The molecule has 74 valence electrons. The SMILES string of the molecule is O=CCCC(C=O)Cc1ccccc1. The van der Waals surface area contributed by atoms with E-state index in [1.807, 2.05) is 30.3 Å². The molecule has 1 atom stereocenters. The zero-order valence-corrected chi connectivity index (χ0v) is 8.06. The van der Waals surface area contributed by atoms with E-state index in [-0.39, 0.29) is 5.92 Å². The third-order valence-electron chi connectivity index (χ3n) is 2.19. The van der Waals surface area contributed by atoms with Gasteiger partial charge in [0, 0.05) is 12.3 Å². The number of carbonyl (C=O) groups excluding carboxylic acids is 2. The summed E-state index contributed by atoms with van der Waals surface area (Å²) in [4.78, 5) is 20.9. The first kappa shape index (κ1) is 10.6. The second kappa shape index (κ2) is 6.08. The Balaban J connectivity index is 2.48. The van der Waals surface area contributed by atoms with Crippen LogP contribution in [0, 0.1) is 5.92 Å². The standard InChI is InChI=1S/C12H14O2/c13-8-4-7-12(10-14)9-11-5-2-1-3-6-11/h1-3,5-6,8,10,12H,4,7,9H2. The van der Waals surface area contributed by atoms with E-state index in [4.69, 9.17) is 0 Å². The fourth-order valence-corrected chi connectivity index (χ4v) is 1.42. The lowest BCUT2D eigenvalue weighted by atomic mass is 9.96. The molecule has 1 aromatic carbocycles. The molecule has 0 amide bonds. The lowest BCUT2D eigenvalue weighted by Crippen LogP contribution is -2.06. The van der Waals surface area contributed by atoms with Gasteiger partial charge < -0.3 is 9.59 Å². The zero-order chi connectivity index (χ0) is 10.2. The summed E-state index contributed by atoms with van der Waals surface area (Å²) in [7, 11) is 0. The van der Waals surface area contributed by atoms with E-state index in [1.54, 1.807) is 0 Å². The number of aldehydes is 2. The highest BCUT2D eigenvalue weighted by atomic mass is 16.1. The predicted octanol–water partition coefficient (Wildman–Crippen LogP) is 2.02. The Hall–Kier alpha value is -1.44. The lowest BCUT2D eigenvalue weighted by Gasteiger charge is -2.07. The first-order valence-electron chi connectivity index (χ1n) is 4.79. The van der Waals surface area contributed by atoms with Crippen LogP contribution < -0.4 is 0 Å². The maximum absolute atomic E-state index is 10.7. The summed E-state index contributed by atoms with van der Waals surface area (Å²) in [6, 6.07) is 9.85. The summed E-state index contributed by atoms with van der Waals surface area (Å²) < 4.78 is 0. The maximum Gasteiger partial charge on any atom is 0.123 e. The Morgan fingerprint density at radius 1 is 1.14 bits per heavy atom. The molecule has 0 saturated heterocycles. The van der Waals surface area contributed by atoms with Gasteiger partial charge in [-0.1, -0.05) is 30.3 Å². The van der Waals surface area contributed by atoms with Crippen LogP contribution in [-0.4, -0.2) is 12.6 Å². The maximum atomic E-state index is 10.7. The molecule has 0 fully saturated rings. The van der Waals surface area contributed by atoms with Gasteiger partial charge in [-0.2, -0.15) is 0 Å². The Labute approximate surface area is 83.9 Å². The minimum Gasteiger partial charge on any atom is -0.303 e. The van der Waals surface area contributed by atoms with Crippen LogP contribution in [-0.2, 0) is 16.0 Å². The molecule has 0 aliphatic carbocycles. The van der Waals surface area contributed by atoms with Crippen molar-refractivity contribution in [2.75, 3.05) is 0 Å². The van der Waals surface area contributed by atoms with Gasteiger partial charge in [0.1, 0.15) is 12.6 Å². The molecule has 2 heteroatoms. The first-order valence-corrected chi connectivity index (χ1v) is 4.79. The molecular weight excluding hydrogens is 176 g/mol. The molecule has 1 rings (SSSR count). The fourth-order valence-electron chi connectivity index (χ4n) is 1.42. The van der Waals surface area contributed by atoms with E-state index in [0.717, 1.165) is 24.6 Å². The van der Waals surface area contributed by atoms with Crippen LogP contribution in [0.1, 0.15) is 18.4 Å². The minimum absolute atomic E-state index is 0.0254. The third kappa shape index (κ3) is 3.52. The Morgan fingerprint density at radius 3 is 2.43 bits per heavy atom. The summed E-state index contributed by atoms with van der Waals surface area (Å²) in [5, 5.41) is 0. The smallest absolute Gasteiger partial charge is 0.123 e. The third-order valence-corrected chi connectivity index (χ3v) is 2.19. The van der Waals surface area contributed by atoms with E-state index in [1.165, 1.54) is 0 Å². The van der Waals surface area contributed by atoms with Gasteiger partial charge in [0.2, 0.25) is 0 Å². The van der Waals surface area contributed by atoms with E-state index in [9.17, 15) is 9.59 Å². The van der Waals surface area contributed by atoms with Crippen molar-refractivity contribution in [1.29, 1.82) is 0 Å². The summed E-state index contributed by atoms with van der Waals surface area (Å²) >= 11 is 0. The van der Waals surface area contributed by atoms with Gasteiger partial charge in [-0.15, -0.1) is 0 Å². The van der Waals surface area contributed by atoms with E-state index >= 15 is 0 Å². The van der Waals surface area contributed by atoms with E-state index in [0.29, 0.717) is 12.8 Å². The van der Waals surface area contributed by atoms with Crippen molar-refractivity contribution in [3.05, 3.63) is 35.9 Å². The number of carbonyl (C=O) groups is 2. The molecule has 1 aromatic rings. The molecule has 0 heterocycles. The summed E-state index contributed by atoms with van der Waals surface area (Å²) in [6.07, 6.45) is 3.66. The summed E-state index contributed by atoms with van der Waals surface area (Å²) in [5.41, 5.74) is 1.15. The van der Waals surface area contributed by atoms with Gasteiger partial charge in [0.05, 0.1) is 0 Å². The van der Waals surface area contributed by atoms with Crippen LogP contribution in [0.3, 0.4) is 0 Å². The van der Waals surface area contributed by atoms with Gasteiger partial charge in [-0.05, 0) is 18.4 Å². The summed E-state index contributed by atoms with van der Waals surface area (Å²) in [5.74, 6) is -0.0254. The predicted molar refractivity (Wildman–Crippen MR) is 55.0 cm³/mol. The molecule has 0 saturated carbocycles. The second-order valence-corrected chi connectivity index (χ2v) is 3.33. The summed E-state index contributed by atoms with van der Waals surface area (Å²) in [6.45, 7) is 0. The number of benzene rings is 1. The van der Waals surface area contributed by atoms with E-state index in [2.05, 4.69) is 0 Å². The van der Waals surface area contributed by atoms with Gasteiger partial charge in [0.15, 0.2) is 0 Å². The average Bonchev–Trinajstić information content (AvgIpc) is 2.25. The van der Waals surface area contributed by atoms with Crippen LogP contribution in [0.2, 0.25) is 0 Å². The molecule has 0 aliphatic heterocycles. The molecule has 0 N–H and O–H groups in total. The molecule has 0 aromatic heterocycles. The van der Waals surface area contributed by atoms with Gasteiger partial charge in [-0.25, -0.2) is 0 Å². The van der Waals surface area contributed by atoms with E-state index < -0.39 is 0 Å². The number of hydrogen-bond donors (Lipinski definition) is 0. The molecular formula is C12H14O2. The molecule has 0 aliphatic rings. The van der Waals surface area contributed by atoms with Crippen LogP contribution >= 0.6 is 0 Å². The minimum atomic E-state index is -0.0254. The van der Waals surface area contributed by atoms with Crippen LogP contribution in [0.5, 0.6) is 0 Å². The van der Waals surface area contributed by atoms with Crippen molar-refractivity contribution in [2.45, 2.75) is 19.3 Å². The Morgan fingerprint density at radius 2 is 1.86 bits per heavy atom. The van der Waals surface area contributed by atoms with Crippen molar-refractivity contribution in [1.82, 2.24) is 0 Å². The van der Waals surface area contributed by atoms with Gasteiger partial charge in [0.25, 0.3) is 0 Å². The molecule has 0 bridgehead atoms. The van der Waals surface area contributed by atoms with Crippen molar-refractivity contribution in [3.8, 4) is 0 Å². The molecule has 0 radical (unpaired) electrons. The molecule has 1 unspecified atom stereocenters. The highest BCUT2D eigenvalue weighted by molar-refractivity contribution is 5.56. The monoisotopic (exact) mass is 190 g/mol. The van der Waals surface area contributed by atoms with Crippen LogP contribution in [0.15, 0.2) is 30.3 Å². The van der Waals surface area contributed by atoms with Gasteiger partial charge >= 0.3 is 0 Å². The Kier molecular flexibility index (Phi) is 4.62.